The first kappa shape index (κ1) is 29.8. The number of ether oxygens (including phenoxy) is 2. The van der Waals surface area contributed by atoms with Crippen molar-refractivity contribution >= 4 is 21.1 Å². The van der Waals surface area contributed by atoms with Gasteiger partial charge in [0.2, 0.25) is 15.9 Å². The number of nitrogens with zero attached hydrogens (tertiary/aromatic N) is 8. The van der Waals surface area contributed by atoms with Crippen LogP contribution in [0.5, 0.6) is 5.88 Å². The minimum atomic E-state index is -3.86. The monoisotopic (exact) mass is 596 g/mol. The zero-order valence-corrected chi connectivity index (χ0v) is 25.2. The fraction of sp³-hybridized carbons (Fsp3) is 0.464. The Hall–Kier alpha value is -3.72. The lowest BCUT2D eigenvalue weighted by Gasteiger charge is -2.33. The summed E-state index contributed by atoms with van der Waals surface area (Å²) in [6, 6.07) is 6.97. The first-order valence-corrected chi connectivity index (χ1v) is 15.5. The summed E-state index contributed by atoms with van der Waals surface area (Å²) >= 11 is 0. The number of fused-ring (bicyclic) bond motifs is 1. The lowest BCUT2D eigenvalue weighted by Crippen LogP contribution is -2.48. The van der Waals surface area contributed by atoms with Crippen LogP contribution in [0, 0.1) is 0 Å². The Balaban J connectivity index is 1.67. The second-order valence-electron chi connectivity index (χ2n) is 10.00. The van der Waals surface area contributed by atoms with E-state index in [0.717, 1.165) is 18.7 Å². The summed E-state index contributed by atoms with van der Waals surface area (Å²) in [4.78, 5) is 29.6. The molecule has 1 fully saturated rings. The van der Waals surface area contributed by atoms with Crippen LogP contribution in [0.3, 0.4) is 0 Å². The molecule has 0 bridgehead atoms. The van der Waals surface area contributed by atoms with Crippen LogP contribution in [0.1, 0.15) is 26.0 Å². The highest BCUT2D eigenvalue weighted by Crippen LogP contribution is 2.31. The molecule has 0 N–H and O–H groups in total. The zero-order chi connectivity index (χ0) is 29.9. The third-order valence-electron chi connectivity index (χ3n) is 7.36. The Bertz CT molecular complexity index is 1710. The fourth-order valence-electron chi connectivity index (χ4n) is 5.02. The molecule has 4 aromatic heterocycles. The molecular weight excluding hydrogens is 560 g/mol. The van der Waals surface area contributed by atoms with Crippen LogP contribution < -0.4 is 10.3 Å². The van der Waals surface area contributed by atoms with Gasteiger partial charge in [0.15, 0.2) is 11.3 Å². The number of rotatable bonds is 11. The Kier molecular flexibility index (Phi) is 8.96. The van der Waals surface area contributed by atoms with Gasteiger partial charge in [0.25, 0.3) is 5.56 Å². The van der Waals surface area contributed by atoms with Crippen LogP contribution in [0.4, 0.5) is 0 Å². The highest BCUT2D eigenvalue weighted by molar-refractivity contribution is 7.89. The van der Waals surface area contributed by atoms with E-state index >= 15 is 0 Å². The minimum Gasteiger partial charge on any atom is -0.475 e. The van der Waals surface area contributed by atoms with E-state index < -0.39 is 10.0 Å². The molecule has 0 aliphatic carbocycles. The predicted molar refractivity (Wildman–Crippen MR) is 157 cm³/mol. The van der Waals surface area contributed by atoms with Gasteiger partial charge in [-0.25, -0.2) is 28.1 Å². The van der Waals surface area contributed by atoms with E-state index in [1.54, 1.807) is 25.0 Å². The summed E-state index contributed by atoms with van der Waals surface area (Å²) in [7, 11) is -0.724. The lowest BCUT2D eigenvalue weighted by molar-refractivity contribution is 0.144. The van der Waals surface area contributed by atoms with Crippen molar-refractivity contribution in [2.45, 2.75) is 31.6 Å². The molecule has 0 radical (unpaired) electrons. The standard InChI is InChI=1S/C28H36N8O5S/c1-5-9-22-24-25(32-36(22)23-10-7-8-11-29-23)28(37)33(3)26(31-24)21-18-20(19-30-27(21)41-17-16-40-4)42(38,39)35-14-12-34(6-2)13-15-35/h7-8,10-11,18-19H,5-6,9,12-17H2,1-4H3. The smallest absolute Gasteiger partial charge is 0.281 e. The van der Waals surface area contributed by atoms with Crippen LogP contribution in [0.25, 0.3) is 28.2 Å². The number of hydrogen-bond donors (Lipinski definition) is 0. The molecule has 13 nitrogen and oxygen atoms in total. The Morgan fingerprint density at radius 1 is 1.02 bits per heavy atom. The van der Waals surface area contributed by atoms with Gasteiger partial charge in [-0.3, -0.25) is 9.36 Å². The molecule has 0 amide bonds. The maximum Gasteiger partial charge on any atom is 0.281 e. The highest BCUT2D eigenvalue weighted by atomic mass is 32.2. The van der Waals surface area contributed by atoms with Gasteiger partial charge in [0.1, 0.15) is 22.8 Å². The van der Waals surface area contributed by atoms with Crippen LogP contribution in [0.2, 0.25) is 0 Å². The molecule has 0 aromatic carbocycles. The summed E-state index contributed by atoms with van der Waals surface area (Å²) < 4.78 is 42.9. The van der Waals surface area contributed by atoms with Crippen LogP contribution in [-0.2, 0) is 28.2 Å². The van der Waals surface area contributed by atoms with Crippen LogP contribution >= 0.6 is 0 Å². The van der Waals surface area contributed by atoms with E-state index in [1.165, 1.54) is 21.1 Å². The molecule has 0 spiro atoms. The summed E-state index contributed by atoms with van der Waals surface area (Å²) in [5, 5.41) is 4.60. The highest BCUT2D eigenvalue weighted by Gasteiger charge is 2.30. The average Bonchev–Trinajstić information content (AvgIpc) is 3.38. The number of likely N-dealkylation sites (N-methyl/N-ethyl adjacent to an activating group) is 1. The number of sulfonamides is 1. The van der Waals surface area contributed by atoms with Gasteiger partial charge in [-0.05, 0) is 31.2 Å². The summed E-state index contributed by atoms with van der Waals surface area (Å²) in [5.41, 5.74) is 1.26. The van der Waals surface area contributed by atoms with E-state index in [9.17, 15) is 13.2 Å². The molecular formula is C28H36N8O5S. The van der Waals surface area contributed by atoms with Crippen molar-refractivity contribution in [2.75, 3.05) is 53.0 Å². The van der Waals surface area contributed by atoms with Crippen molar-refractivity contribution in [3.05, 3.63) is 52.7 Å². The van der Waals surface area contributed by atoms with Crippen molar-refractivity contribution < 1.29 is 17.9 Å². The second-order valence-corrected chi connectivity index (χ2v) is 11.9. The van der Waals surface area contributed by atoms with Crippen molar-refractivity contribution in [3.63, 3.8) is 0 Å². The number of aromatic nitrogens is 6. The van der Waals surface area contributed by atoms with Gasteiger partial charge >= 0.3 is 0 Å². The Labute approximate surface area is 244 Å². The first-order valence-electron chi connectivity index (χ1n) is 14.0. The quantitative estimate of drug-likeness (QED) is 0.236. The van der Waals surface area contributed by atoms with Crippen LogP contribution in [0.15, 0.2) is 46.3 Å². The van der Waals surface area contributed by atoms with Crippen molar-refractivity contribution in [1.82, 2.24) is 38.5 Å². The first-order chi connectivity index (χ1) is 20.3. The molecule has 0 atom stereocenters. The molecule has 0 unspecified atom stereocenters. The molecule has 4 aromatic rings. The number of hydrogen-bond acceptors (Lipinski definition) is 10. The topological polar surface area (TPSA) is 138 Å². The summed E-state index contributed by atoms with van der Waals surface area (Å²) in [6.45, 7) is 7.50. The Morgan fingerprint density at radius 3 is 2.48 bits per heavy atom. The second kappa shape index (κ2) is 12.7. The predicted octanol–water partition coefficient (Wildman–Crippen LogP) is 1.88. The lowest BCUT2D eigenvalue weighted by atomic mass is 10.2. The molecule has 224 valence electrons. The summed E-state index contributed by atoms with van der Waals surface area (Å²) in [6.07, 6.45) is 4.34. The molecule has 1 aliphatic heterocycles. The van der Waals surface area contributed by atoms with Gasteiger partial charge in [0, 0.05) is 46.5 Å². The van der Waals surface area contributed by atoms with Crippen molar-refractivity contribution in [1.29, 1.82) is 0 Å². The van der Waals surface area contributed by atoms with Gasteiger partial charge in [-0.15, -0.1) is 0 Å². The number of aryl methyl sites for hydroxylation is 1. The van der Waals surface area contributed by atoms with Crippen molar-refractivity contribution in [3.8, 4) is 23.1 Å². The minimum absolute atomic E-state index is 0.00819. The van der Waals surface area contributed by atoms with E-state index in [0.29, 0.717) is 50.5 Å². The fourth-order valence-corrected chi connectivity index (χ4v) is 6.41. The molecule has 42 heavy (non-hydrogen) atoms. The molecule has 1 saturated heterocycles. The average molecular weight is 597 g/mol. The third-order valence-corrected chi connectivity index (χ3v) is 9.22. The van der Waals surface area contributed by atoms with E-state index in [1.807, 2.05) is 25.1 Å². The molecule has 5 rings (SSSR count). The van der Waals surface area contributed by atoms with E-state index in [4.69, 9.17) is 14.5 Å². The normalized spacial score (nSPS) is 15.0. The molecule has 5 heterocycles. The maximum absolute atomic E-state index is 13.7. The SMILES string of the molecule is CCCc1c2nc(-c3cc(S(=O)(=O)N4CCN(CC)CC4)cnc3OCCOC)n(C)c(=O)c2nn1-c1ccccn1. The largest absolute Gasteiger partial charge is 0.475 e. The molecule has 1 aliphatic rings. The van der Waals surface area contributed by atoms with Crippen LogP contribution in [-0.4, -0.2) is 100.0 Å². The molecule has 0 saturated carbocycles. The third kappa shape index (κ3) is 5.67. The van der Waals surface area contributed by atoms with E-state index in [-0.39, 0.29) is 39.8 Å². The zero-order valence-electron chi connectivity index (χ0n) is 24.4. The number of methoxy groups -OCH3 is 1. The summed E-state index contributed by atoms with van der Waals surface area (Å²) in [5.74, 6) is 0.945. The Morgan fingerprint density at radius 2 is 1.81 bits per heavy atom. The number of pyridine rings is 2. The van der Waals surface area contributed by atoms with Crippen molar-refractivity contribution in [2.24, 2.45) is 7.05 Å². The van der Waals surface area contributed by atoms with Gasteiger partial charge in [0.05, 0.1) is 24.1 Å². The maximum atomic E-state index is 13.7. The number of piperazine rings is 1. The molecule has 14 heteroatoms. The van der Waals surface area contributed by atoms with Gasteiger partial charge in [-0.1, -0.05) is 26.3 Å². The van der Waals surface area contributed by atoms with E-state index in [2.05, 4.69) is 26.9 Å². The van der Waals surface area contributed by atoms with Gasteiger partial charge < -0.3 is 14.4 Å². The van der Waals surface area contributed by atoms with Gasteiger partial charge in [-0.2, -0.15) is 9.40 Å².